The summed E-state index contributed by atoms with van der Waals surface area (Å²) in [4.78, 5) is 11.5. The Morgan fingerprint density at radius 2 is 2.15 bits per heavy atom. The summed E-state index contributed by atoms with van der Waals surface area (Å²) in [5, 5.41) is 3.40. The maximum absolute atomic E-state index is 5.27. The van der Waals surface area contributed by atoms with Crippen molar-refractivity contribution in [1.82, 2.24) is 9.97 Å². The summed E-state index contributed by atoms with van der Waals surface area (Å²) in [5.41, 5.74) is 1.15. The van der Waals surface area contributed by atoms with Crippen molar-refractivity contribution in [3.8, 4) is 0 Å². The summed E-state index contributed by atoms with van der Waals surface area (Å²) in [7, 11) is 1.77. The van der Waals surface area contributed by atoms with Crippen molar-refractivity contribution in [2.24, 2.45) is 5.92 Å². The minimum atomic E-state index is 0.613. The topological polar surface area (TPSA) is 50.3 Å². The van der Waals surface area contributed by atoms with Gasteiger partial charge < -0.3 is 15.0 Å². The molecular weight excluding hydrogens is 252 g/mol. The molecule has 2 rings (SSSR count). The maximum Gasteiger partial charge on any atom is 0.137 e. The van der Waals surface area contributed by atoms with E-state index in [-0.39, 0.29) is 0 Å². The predicted molar refractivity (Wildman–Crippen MR) is 82.5 cm³/mol. The van der Waals surface area contributed by atoms with Crippen LogP contribution in [0.2, 0.25) is 0 Å². The molecule has 0 radical (unpaired) electrons. The van der Waals surface area contributed by atoms with Gasteiger partial charge in [-0.05, 0) is 26.7 Å². The van der Waals surface area contributed by atoms with Crippen LogP contribution in [0.5, 0.6) is 0 Å². The van der Waals surface area contributed by atoms with Crippen LogP contribution in [0, 0.1) is 19.8 Å². The van der Waals surface area contributed by atoms with Gasteiger partial charge in [-0.2, -0.15) is 0 Å². The average molecular weight is 278 g/mol. The highest BCUT2D eigenvalue weighted by molar-refractivity contribution is 5.59. The third kappa shape index (κ3) is 3.39. The summed E-state index contributed by atoms with van der Waals surface area (Å²) in [6.45, 7) is 10.1. The number of nitrogens with zero attached hydrogens (tertiary/aromatic N) is 3. The second-order valence-electron chi connectivity index (χ2n) is 5.55. The molecule has 1 saturated heterocycles. The second-order valence-corrected chi connectivity index (χ2v) is 5.55. The zero-order valence-electron chi connectivity index (χ0n) is 13.1. The molecule has 1 aliphatic heterocycles. The first-order valence-electron chi connectivity index (χ1n) is 7.48. The first-order chi connectivity index (χ1) is 9.65. The van der Waals surface area contributed by atoms with E-state index in [0.29, 0.717) is 5.92 Å². The summed E-state index contributed by atoms with van der Waals surface area (Å²) in [6.07, 6.45) is 2.27. The van der Waals surface area contributed by atoms with Gasteiger partial charge in [0.15, 0.2) is 0 Å². The molecule has 1 aliphatic rings. The summed E-state index contributed by atoms with van der Waals surface area (Å²) >= 11 is 0. The third-order valence-corrected chi connectivity index (χ3v) is 3.76. The number of aryl methyl sites for hydroxylation is 1. The molecule has 0 amide bonds. The highest BCUT2D eigenvalue weighted by Gasteiger charge is 2.25. The fourth-order valence-electron chi connectivity index (χ4n) is 2.73. The Kier molecular flexibility index (Phi) is 5.17. The van der Waals surface area contributed by atoms with Gasteiger partial charge in [0.2, 0.25) is 0 Å². The van der Waals surface area contributed by atoms with E-state index >= 15 is 0 Å². The van der Waals surface area contributed by atoms with E-state index in [9.17, 15) is 0 Å². The van der Waals surface area contributed by atoms with Gasteiger partial charge in [-0.1, -0.05) is 6.92 Å². The lowest BCUT2D eigenvalue weighted by molar-refractivity contribution is 0.161. The number of nitrogens with one attached hydrogen (secondary N) is 1. The number of ether oxygens (including phenoxy) is 1. The third-order valence-electron chi connectivity index (χ3n) is 3.76. The van der Waals surface area contributed by atoms with E-state index in [0.717, 1.165) is 55.7 Å². The van der Waals surface area contributed by atoms with E-state index in [4.69, 9.17) is 4.74 Å². The van der Waals surface area contributed by atoms with Gasteiger partial charge in [0, 0.05) is 38.2 Å². The van der Waals surface area contributed by atoms with Crippen LogP contribution >= 0.6 is 0 Å². The van der Waals surface area contributed by atoms with Crippen LogP contribution in [0.3, 0.4) is 0 Å². The Bertz CT molecular complexity index is 450. The Morgan fingerprint density at radius 3 is 2.85 bits per heavy atom. The molecule has 2 heterocycles. The molecule has 112 valence electrons. The Labute approximate surface area is 121 Å². The number of methoxy groups -OCH3 is 1. The van der Waals surface area contributed by atoms with Gasteiger partial charge in [0.25, 0.3) is 0 Å². The lowest BCUT2D eigenvalue weighted by atomic mass is 10.1. The van der Waals surface area contributed by atoms with Crippen LogP contribution in [0.4, 0.5) is 11.6 Å². The second kappa shape index (κ2) is 6.88. The molecule has 1 N–H and O–H groups in total. The molecule has 0 saturated carbocycles. The molecule has 0 aliphatic carbocycles. The fourth-order valence-corrected chi connectivity index (χ4v) is 2.73. The largest absolute Gasteiger partial charge is 0.384 e. The van der Waals surface area contributed by atoms with Gasteiger partial charge in [-0.3, -0.25) is 0 Å². The molecule has 5 heteroatoms. The van der Waals surface area contributed by atoms with Crippen molar-refractivity contribution >= 4 is 11.6 Å². The lowest BCUT2D eigenvalue weighted by Gasteiger charge is -2.21. The van der Waals surface area contributed by atoms with Crippen molar-refractivity contribution in [1.29, 1.82) is 0 Å². The van der Waals surface area contributed by atoms with Crippen molar-refractivity contribution in [3.63, 3.8) is 0 Å². The van der Waals surface area contributed by atoms with Crippen molar-refractivity contribution < 1.29 is 4.74 Å². The van der Waals surface area contributed by atoms with Crippen LogP contribution in [0.15, 0.2) is 0 Å². The molecule has 1 fully saturated rings. The molecule has 1 unspecified atom stereocenters. The Hall–Kier alpha value is -1.36. The molecule has 0 bridgehead atoms. The number of hydrogen-bond donors (Lipinski definition) is 1. The molecular formula is C15H26N4O. The Morgan fingerprint density at radius 1 is 1.35 bits per heavy atom. The van der Waals surface area contributed by atoms with E-state index in [1.165, 1.54) is 6.42 Å². The minimum Gasteiger partial charge on any atom is -0.384 e. The van der Waals surface area contributed by atoms with Crippen molar-refractivity contribution in [3.05, 3.63) is 11.4 Å². The minimum absolute atomic E-state index is 0.613. The normalized spacial score (nSPS) is 18.6. The number of rotatable bonds is 6. The molecule has 20 heavy (non-hydrogen) atoms. The summed E-state index contributed by atoms with van der Waals surface area (Å²) in [6, 6.07) is 0. The molecule has 1 atom stereocenters. The van der Waals surface area contributed by atoms with Crippen LogP contribution in [0.1, 0.15) is 31.2 Å². The van der Waals surface area contributed by atoms with Crippen LogP contribution < -0.4 is 10.2 Å². The van der Waals surface area contributed by atoms with E-state index in [2.05, 4.69) is 34.0 Å². The van der Waals surface area contributed by atoms with Gasteiger partial charge >= 0.3 is 0 Å². The number of hydrogen-bond acceptors (Lipinski definition) is 5. The van der Waals surface area contributed by atoms with Crippen molar-refractivity contribution in [2.75, 3.05) is 43.6 Å². The smallest absolute Gasteiger partial charge is 0.137 e. The molecule has 1 aromatic heterocycles. The highest BCUT2D eigenvalue weighted by Crippen LogP contribution is 2.28. The van der Waals surface area contributed by atoms with E-state index < -0.39 is 0 Å². The lowest BCUT2D eigenvalue weighted by Crippen LogP contribution is -2.24. The number of aromatic nitrogens is 2. The van der Waals surface area contributed by atoms with Gasteiger partial charge in [0.05, 0.1) is 6.61 Å². The van der Waals surface area contributed by atoms with Crippen LogP contribution in [-0.2, 0) is 4.74 Å². The Balaban J connectivity index is 2.17. The quantitative estimate of drug-likeness (QED) is 0.866. The summed E-state index contributed by atoms with van der Waals surface area (Å²) in [5.74, 6) is 3.50. The first kappa shape index (κ1) is 15.0. The standard InChI is InChI=1S/C15H26N4O/c1-5-7-16-14-11(2)15(18-12(3)17-14)19-8-6-13(9-19)10-20-4/h13H,5-10H2,1-4H3,(H,16,17,18). The van der Waals surface area contributed by atoms with Gasteiger partial charge in [-0.15, -0.1) is 0 Å². The zero-order valence-corrected chi connectivity index (χ0v) is 13.1. The monoisotopic (exact) mass is 278 g/mol. The van der Waals surface area contributed by atoms with E-state index in [1.807, 2.05) is 6.92 Å². The van der Waals surface area contributed by atoms with Crippen LogP contribution in [0.25, 0.3) is 0 Å². The average Bonchev–Trinajstić information content (AvgIpc) is 2.88. The van der Waals surface area contributed by atoms with Gasteiger partial charge in [0.1, 0.15) is 17.5 Å². The van der Waals surface area contributed by atoms with Gasteiger partial charge in [-0.25, -0.2) is 9.97 Å². The SMILES string of the molecule is CCCNc1nc(C)nc(N2CCC(COC)C2)c1C. The number of anilines is 2. The predicted octanol–water partition coefficient (Wildman–Crippen LogP) is 2.39. The van der Waals surface area contributed by atoms with Crippen LogP contribution in [-0.4, -0.2) is 43.3 Å². The highest BCUT2D eigenvalue weighted by atomic mass is 16.5. The van der Waals surface area contributed by atoms with E-state index in [1.54, 1.807) is 7.11 Å². The molecule has 1 aromatic rings. The molecule has 0 aromatic carbocycles. The zero-order chi connectivity index (χ0) is 14.5. The fraction of sp³-hybridized carbons (Fsp3) is 0.733. The van der Waals surface area contributed by atoms with Crippen molar-refractivity contribution in [2.45, 2.75) is 33.6 Å². The summed E-state index contributed by atoms with van der Waals surface area (Å²) < 4.78 is 5.27. The first-order valence-corrected chi connectivity index (χ1v) is 7.48. The molecule has 0 spiro atoms. The maximum atomic E-state index is 5.27. The molecule has 5 nitrogen and oxygen atoms in total.